The summed E-state index contributed by atoms with van der Waals surface area (Å²) < 4.78 is 54.8. The number of fused-ring (bicyclic) bond motifs is 3. The predicted molar refractivity (Wildman–Crippen MR) is 114 cm³/mol. The SMILES string of the molecule is O=S(=O)(c1ccccc1)c1nnn2c1nc(NCc1cc(F)cc(F)c1)c1ccccc12. The Morgan fingerprint density at radius 1 is 0.906 bits per heavy atom. The first-order valence-corrected chi connectivity index (χ1v) is 11.0. The van der Waals surface area contributed by atoms with Gasteiger partial charge in [0.1, 0.15) is 17.5 Å². The molecule has 0 aliphatic carbocycles. The molecule has 0 bridgehead atoms. The second-order valence-electron chi connectivity index (χ2n) is 7.06. The topological polar surface area (TPSA) is 89.2 Å². The van der Waals surface area contributed by atoms with E-state index in [9.17, 15) is 17.2 Å². The van der Waals surface area contributed by atoms with Gasteiger partial charge in [0.05, 0.1) is 10.4 Å². The van der Waals surface area contributed by atoms with Gasteiger partial charge in [0.15, 0.2) is 5.65 Å². The van der Waals surface area contributed by atoms with E-state index in [1.54, 1.807) is 42.5 Å². The van der Waals surface area contributed by atoms with Crippen LogP contribution in [0.5, 0.6) is 0 Å². The number of halogens is 2. The quantitative estimate of drug-likeness (QED) is 0.435. The van der Waals surface area contributed by atoms with Crippen molar-refractivity contribution in [2.24, 2.45) is 0 Å². The van der Waals surface area contributed by atoms with Crippen LogP contribution in [-0.4, -0.2) is 28.2 Å². The molecule has 0 aliphatic heterocycles. The van der Waals surface area contributed by atoms with Gasteiger partial charge < -0.3 is 5.32 Å². The molecule has 2 aromatic heterocycles. The third kappa shape index (κ3) is 3.44. The van der Waals surface area contributed by atoms with Crippen molar-refractivity contribution in [1.82, 2.24) is 19.8 Å². The third-order valence-electron chi connectivity index (χ3n) is 4.91. The van der Waals surface area contributed by atoms with E-state index in [4.69, 9.17) is 0 Å². The molecule has 160 valence electrons. The standard InChI is InChI=1S/C22H15F2N5O2S/c23-15-10-14(11-16(24)12-15)13-25-20-18-8-4-5-9-19(18)29-21(26-20)22(27-28-29)32(30,31)17-6-2-1-3-7-17/h1-12H,13H2,(H,25,26). The summed E-state index contributed by atoms with van der Waals surface area (Å²) in [5.41, 5.74) is 0.991. The summed E-state index contributed by atoms with van der Waals surface area (Å²) >= 11 is 0. The minimum atomic E-state index is -3.97. The van der Waals surface area contributed by atoms with E-state index in [1.807, 2.05) is 0 Å². The van der Waals surface area contributed by atoms with Crippen molar-refractivity contribution < 1.29 is 17.2 Å². The molecule has 2 heterocycles. The molecular formula is C22H15F2N5O2S. The summed E-state index contributed by atoms with van der Waals surface area (Å²) in [5.74, 6) is -1.04. The molecule has 7 nitrogen and oxygen atoms in total. The Balaban J connectivity index is 1.65. The molecule has 0 spiro atoms. The third-order valence-corrected chi connectivity index (χ3v) is 6.58. The lowest BCUT2D eigenvalue weighted by Gasteiger charge is -2.11. The fourth-order valence-corrected chi connectivity index (χ4v) is 4.72. The molecule has 3 aromatic carbocycles. The molecule has 0 unspecified atom stereocenters. The van der Waals surface area contributed by atoms with Gasteiger partial charge >= 0.3 is 0 Å². The zero-order valence-corrected chi connectivity index (χ0v) is 17.2. The molecule has 0 radical (unpaired) electrons. The predicted octanol–water partition coefficient (Wildman–Crippen LogP) is 4.00. The Bertz CT molecular complexity index is 1550. The van der Waals surface area contributed by atoms with Crippen LogP contribution < -0.4 is 5.32 Å². The minimum Gasteiger partial charge on any atom is -0.365 e. The molecule has 0 aliphatic rings. The molecule has 10 heteroatoms. The fourth-order valence-electron chi connectivity index (χ4n) is 3.46. The average molecular weight is 451 g/mol. The summed E-state index contributed by atoms with van der Waals surface area (Å²) in [7, 11) is -3.97. The minimum absolute atomic E-state index is 0.0421. The summed E-state index contributed by atoms with van der Waals surface area (Å²) in [5, 5.41) is 11.3. The van der Waals surface area contributed by atoms with E-state index < -0.39 is 21.5 Å². The molecule has 0 saturated carbocycles. The van der Waals surface area contributed by atoms with Gasteiger partial charge in [-0.05, 0) is 42.0 Å². The number of anilines is 1. The van der Waals surface area contributed by atoms with Gasteiger partial charge in [-0.25, -0.2) is 22.2 Å². The van der Waals surface area contributed by atoms with E-state index in [0.717, 1.165) is 6.07 Å². The largest absolute Gasteiger partial charge is 0.365 e. The maximum Gasteiger partial charge on any atom is 0.229 e. The van der Waals surface area contributed by atoms with Gasteiger partial charge in [-0.2, -0.15) is 4.52 Å². The monoisotopic (exact) mass is 451 g/mol. The number of nitrogens with one attached hydrogen (secondary N) is 1. The van der Waals surface area contributed by atoms with E-state index in [-0.39, 0.29) is 22.1 Å². The van der Waals surface area contributed by atoms with Gasteiger partial charge in [-0.15, -0.1) is 5.10 Å². The molecule has 5 rings (SSSR count). The van der Waals surface area contributed by atoms with Crippen molar-refractivity contribution in [3.8, 4) is 0 Å². The maximum atomic E-state index is 13.5. The summed E-state index contributed by atoms with van der Waals surface area (Å²) in [4.78, 5) is 4.55. The molecule has 32 heavy (non-hydrogen) atoms. The molecule has 0 fully saturated rings. The van der Waals surface area contributed by atoms with Crippen LogP contribution in [0.1, 0.15) is 5.56 Å². The molecular weight excluding hydrogens is 436 g/mol. The van der Waals surface area contributed by atoms with Crippen LogP contribution in [0, 0.1) is 11.6 Å². The van der Waals surface area contributed by atoms with Crippen molar-refractivity contribution in [2.45, 2.75) is 16.5 Å². The van der Waals surface area contributed by atoms with E-state index in [0.29, 0.717) is 22.3 Å². The van der Waals surface area contributed by atoms with E-state index >= 15 is 0 Å². The van der Waals surface area contributed by atoms with Gasteiger partial charge in [0.25, 0.3) is 0 Å². The maximum absolute atomic E-state index is 13.5. The number of benzene rings is 3. The van der Waals surface area contributed by atoms with Crippen LogP contribution in [0.25, 0.3) is 16.6 Å². The second-order valence-corrected chi connectivity index (χ2v) is 8.92. The number of rotatable bonds is 5. The van der Waals surface area contributed by atoms with E-state index in [1.165, 1.54) is 28.8 Å². The van der Waals surface area contributed by atoms with Crippen molar-refractivity contribution in [1.29, 1.82) is 0 Å². The Morgan fingerprint density at radius 3 is 2.34 bits per heavy atom. The number of hydrogen-bond acceptors (Lipinski definition) is 6. The summed E-state index contributed by atoms with van der Waals surface area (Å²) in [6, 6.07) is 18.2. The van der Waals surface area contributed by atoms with Gasteiger partial charge in [-0.1, -0.05) is 35.5 Å². The zero-order valence-electron chi connectivity index (χ0n) is 16.4. The van der Waals surface area contributed by atoms with Crippen LogP contribution in [0.15, 0.2) is 82.7 Å². The summed E-state index contributed by atoms with van der Waals surface area (Å²) in [6.07, 6.45) is 0. The number of sulfone groups is 1. The van der Waals surface area contributed by atoms with Crippen molar-refractivity contribution in [2.75, 3.05) is 5.32 Å². The Morgan fingerprint density at radius 2 is 1.59 bits per heavy atom. The van der Waals surface area contributed by atoms with Crippen molar-refractivity contribution in [3.63, 3.8) is 0 Å². The molecule has 0 atom stereocenters. The second kappa shape index (κ2) is 7.65. The van der Waals surface area contributed by atoms with Gasteiger partial charge in [0, 0.05) is 18.0 Å². The number of para-hydroxylation sites is 1. The first-order chi connectivity index (χ1) is 15.4. The lowest BCUT2D eigenvalue weighted by molar-refractivity contribution is 0.580. The molecule has 1 N–H and O–H groups in total. The first-order valence-electron chi connectivity index (χ1n) is 9.56. The smallest absolute Gasteiger partial charge is 0.229 e. The summed E-state index contributed by atoms with van der Waals surface area (Å²) in [6.45, 7) is 0.0736. The number of nitrogens with zero attached hydrogens (tertiary/aromatic N) is 4. The van der Waals surface area contributed by atoms with E-state index in [2.05, 4.69) is 20.6 Å². The van der Waals surface area contributed by atoms with Crippen LogP contribution in [0.4, 0.5) is 14.6 Å². The Hall–Kier alpha value is -3.92. The first kappa shape index (κ1) is 20.0. The van der Waals surface area contributed by atoms with Crippen molar-refractivity contribution in [3.05, 3.63) is 90.0 Å². The highest BCUT2D eigenvalue weighted by Gasteiger charge is 2.26. The van der Waals surface area contributed by atoms with Crippen LogP contribution >= 0.6 is 0 Å². The van der Waals surface area contributed by atoms with Gasteiger partial charge in [0.2, 0.25) is 14.9 Å². The Kier molecular flexibility index (Phi) is 4.78. The van der Waals surface area contributed by atoms with Crippen LogP contribution in [-0.2, 0) is 16.4 Å². The number of hydrogen-bond donors (Lipinski definition) is 1. The normalized spacial score (nSPS) is 11.8. The zero-order chi connectivity index (χ0) is 22.3. The lowest BCUT2D eigenvalue weighted by Crippen LogP contribution is -2.07. The lowest BCUT2D eigenvalue weighted by atomic mass is 10.2. The highest BCUT2D eigenvalue weighted by atomic mass is 32.2. The molecule has 0 saturated heterocycles. The highest BCUT2D eigenvalue weighted by molar-refractivity contribution is 7.91. The van der Waals surface area contributed by atoms with Crippen LogP contribution in [0.3, 0.4) is 0 Å². The average Bonchev–Trinajstić information content (AvgIpc) is 3.22. The molecule has 5 aromatic rings. The molecule has 0 amide bonds. The van der Waals surface area contributed by atoms with Crippen LogP contribution in [0.2, 0.25) is 0 Å². The van der Waals surface area contributed by atoms with Gasteiger partial charge in [-0.3, -0.25) is 0 Å². The fraction of sp³-hybridized carbons (Fsp3) is 0.0455. The number of aromatic nitrogens is 4. The Labute approximate surface area is 181 Å². The highest BCUT2D eigenvalue weighted by Crippen LogP contribution is 2.28. The van der Waals surface area contributed by atoms with Crippen molar-refractivity contribution >= 4 is 32.2 Å².